The van der Waals surface area contributed by atoms with Gasteiger partial charge in [-0.25, -0.2) is 9.97 Å². The van der Waals surface area contributed by atoms with Crippen molar-refractivity contribution in [3.63, 3.8) is 0 Å². The highest BCUT2D eigenvalue weighted by Crippen LogP contribution is 2.33. The number of aryl methyl sites for hydroxylation is 2. The first kappa shape index (κ1) is 20.2. The number of ether oxygens (including phenoxy) is 3. The predicted molar refractivity (Wildman–Crippen MR) is 98.4 cm³/mol. The fourth-order valence-corrected chi connectivity index (χ4v) is 2.91. The van der Waals surface area contributed by atoms with Gasteiger partial charge < -0.3 is 26.6 Å². The van der Waals surface area contributed by atoms with E-state index in [2.05, 4.69) is 18.0 Å². The van der Waals surface area contributed by atoms with Crippen molar-refractivity contribution in [2.75, 3.05) is 26.9 Å². The molecule has 0 saturated carbocycles. The third-order valence-corrected chi connectivity index (χ3v) is 4.01. The van der Waals surface area contributed by atoms with Crippen molar-refractivity contribution in [2.45, 2.75) is 27.2 Å². The van der Waals surface area contributed by atoms with Gasteiger partial charge in [-0.3, -0.25) is 0 Å². The van der Waals surface area contributed by atoms with Crippen LogP contribution in [-0.4, -0.2) is 31.9 Å². The van der Waals surface area contributed by atoms with Crippen LogP contribution in [0.15, 0.2) is 24.3 Å². The standard InChI is InChI=1S/C20H24N2O3.ClH/c1-5-8-24-17-11-13(2)21-19-15(17)6-7-16-18(25-10-9-23-4)12-14(3)22-20(16)19;/h6-7,11-12H,5,8-10H2,1-4H3;1H. The van der Waals surface area contributed by atoms with Crippen LogP contribution in [-0.2, 0) is 4.74 Å². The lowest BCUT2D eigenvalue weighted by Crippen LogP contribution is -3.00. The zero-order valence-corrected chi connectivity index (χ0v) is 16.4. The maximum absolute atomic E-state index is 5.94. The monoisotopic (exact) mass is 376 g/mol. The minimum absolute atomic E-state index is 0. The quantitative estimate of drug-likeness (QED) is 0.448. The molecule has 0 fully saturated rings. The van der Waals surface area contributed by atoms with Crippen LogP contribution >= 0.6 is 0 Å². The van der Waals surface area contributed by atoms with E-state index >= 15 is 0 Å². The molecule has 0 aliphatic carbocycles. The van der Waals surface area contributed by atoms with Crippen LogP contribution in [0.3, 0.4) is 0 Å². The molecule has 0 saturated heterocycles. The molecular weight excluding hydrogens is 352 g/mol. The number of aromatic amines is 1. The number of hydrogen-bond donors (Lipinski definition) is 0. The van der Waals surface area contributed by atoms with E-state index < -0.39 is 0 Å². The maximum Gasteiger partial charge on any atom is 0.241 e. The second kappa shape index (κ2) is 9.01. The molecule has 2 aromatic heterocycles. The van der Waals surface area contributed by atoms with Crippen molar-refractivity contribution in [2.24, 2.45) is 0 Å². The minimum Gasteiger partial charge on any atom is -1.00 e. The lowest BCUT2D eigenvalue weighted by atomic mass is 10.1. The number of nitrogens with one attached hydrogen (secondary N) is 1. The van der Waals surface area contributed by atoms with Crippen molar-refractivity contribution in [1.29, 1.82) is 0 Å². The number of methoxy groups -OCH3 is 1. The number of fused-ring (bicyclic) bond motifs is 3. The van der Waals surface area contributed by atoms with E-state index in [1.165, 1.54) is 0 Å². The summed E-state index contributed by atoms with van der Waals surface area (Å²) in [6.07, 6.45) is 0.974. The number of pyridine rings is 2. The van der Waals surface area contributed by atoms with E-state index in [4.69, 9.17) is 19.2 Å². The van der Waals surface area contributed by atoms with Gasteiger partial charge in [-0.1, -0.05) is 6.92 Å². The Morgan fingerprint density at radius 3 is 2.38 bits per heavy atom. The number of H-pyrrole nitrogens is 1. The summed E-state index contributed by atoms with van der Waals surface area (Å²) < 4.78 is 16.9. The molecule has 0 radical (unpaired) electrons. The predicted octanol–water partition coefficient (Wildman–Crippen LogP) is 0.637. The summed E-state index contributed by atoms with van der Waals surface area (Å²) in [5, 5.41) is 2.02. The third-order valence-electron chi connectivity index (χ3n) is 4.01. The Bertz CT molecular complexity index is 899. The van der Waals surface area contributed by atoms with Gasteiger partial charge in [0.05, 0.1) is 18.6 Å². The van der Waals surface area contributed by atoms with Gasteiger partial charge in [-0.2, -0.15) is 0 Å². The third kappa shape index (κ3) is 4.17. The summed E-state index contributed by atoms with van der Waals surface area (Å²) >= 11 is 0. The van der Waals surface area contributed by atoms with Crippen molar-refractivity contribution in [3.05, 3.63) is 35.7 Å². The average molecular weight is 377 g/mol. The van der Waals surface area contributed by atoms with Crippen LogP contribution in [0.2, 0.25) is 0 Å². The number of nitrogens with zero attached hydrogens (tertiary/aromatic N) is 1. The molecule has 0 spiro atoms. The van der Waals surface area contributed by atoms with Gasteiger partial charge in [0, 0.05) is 37.2 Å². The fourth-order valence-electron chi connectivity index (χ4n) is 2.91. The molecule has 6 heteroatoms. The molecule has 0 atom stereocenters. The smallest absolute Gasteiger partial charge is 0.241 e. The van der Waals surface area contributed by atoms with E-state index in [0.717, 1.165) is 51.1 Å². The number of aromatic nitrogens is 2. The van der Waals surface area contributed by atoms with Crippen molar-refractivity contribution in [3.8, 4) is 11.5 Å². The largest absolute Gasteiger partial charge is 1.00 e. The molecule has 0 bridgehead atoms. The van der Waals surface area contributed by atoms with Gasteiger partial charge in [0.1, 0.15) is 23.6 Å². The number of hydrogen-bond acceptors (Lipinski definition) is 4. The molecule has 140 valence electrons. The fraction of sp³-hybridized carbons (Fsp3) is 0.400. The van der Waals surface area contributed by atoms with E-state index in [0.29, 0.717) is 19.8 Å². The Kier molecular flexibility index (Phi) is 7.00. The Labute approximate surface area is 160 Å². The molecule has 3 aromatic rings. The highest BCUT2D eigenvalue weighted by molar-refractivity contribution is 6.05. The molecular formula is C20H25ClN2O3. The first-order valence-corrected chi connectivity index (χ1v) is 8.65. The molecule has 1 N–H and O–H groups in total. The molecule has 0 aliphatic rings. The average Bonchev–Trinajstić information content (AvgIpc) is 2.59. The van der Waals surface area contributed by atoms with Gasteiger partial charge >= 0.3 is 0 Å². The van der Waals surface area contributed by atoms with Crippen molar-refractivity contribution < 1.29 is 31.6 Å². The summed E-state index contributed by atoms with van der Waals surface area (Å²) in [5.74, 6) is 1.72. The van der Waals surface area contributed by atoms with E-state index in [1.54, 1.807) is 7.11 Å². The van der Waals surface area contributed by atoms with E-state index in [-0.39, 0.29) is 12.4 Å². The topological polar surface area (TPSA) is 54.7 Å². The van der Waals surface area contributed by atoms with Gasteiger partial charge in [-0.05, 0) is 25.5 Å². The normalized spacial score (nSPS) is 10.8. The molecule has 2 heterocycles. The van der Waals surface area contributed by atoms with Crippen molar-refractivity contribution >= 4 is 21.8 Å². The minimum atomic E-state index is 0. The van der Waals surface area contributed by atoms with Crippen LogP contribution in [0.1, 0.15) is 24.7 Å². The molecule has 3 rings (SSSR count). The summed E-state index contributed by atoms with van der Waals surface area (Å²) in [5.41, 5.74) is 3.83. The van der Waals surface area contributed by atoms with Crippen molar-refractivity contribution in [1.82, 2.24) is 4.98 Å². The molecule has 5 nitrogen and oxygen atoms in total. The number of benzene rings is 1. The number of rotatable bonds is 7. The van der Waals surface area contributed by atoms with Crippen LogP contribution in [0.4, 0.5) is 0 Å². The summed E-state index contributed by atoms with van der Waals surface area (Å²) in [6, 6.07) is 8.12. The summed E-state index contributed by atoms with van der Waals surface area (Å²) in [7, 11) is 1.67. The molecule has 1 aromatic carbocycles. The first-order chi connectivity index (χ1) is 12.1. The SMILES string of the molecule is CCCOc1cc(C)[nH+]c2c1ccc1c(OCCOC)cc(C)nc12.[Cl-]. The zero-order valence-electron chi connectivity index (χ0n) is 15.7. The maximum atomic E-state index is 5.94. The Hall–Kier alpha value is -2.11. The lowest BCUT2D eigenvalue weighted by Gasteiger charge is -2.11. The number of halogens is 1. The highest BCUT2D eigenvalue weighted by Gasteiger charge is 2.17. The molecule has 0 amide bonds. The second-order valence-electron chi connectivity index (χ2n) is 6.15. The first-order valence-electron chi connectivity index (χ1n) is 8.65. The highest BCUT2D eigenvalue weighted by atomic mass is 35.5. The van der Waals surface area contributed by atoms with E-state index in [9.17, 15) is 0 Å². The summed E-state index contributed by atoms with van der Waals surface area (Å²) in [6.45, 7) is 7.87. The van der Waals surface area contributed by atoms with Gasteiger partial charge in [0.2, 0.25) is 5.52 Å². The lowest BCUT2D eigenvalue weighted by molar-refractivity contribution is -0.353. The van der Waals surface area contributed by atoms with Gasteiger partial charge in [0.15, 0.2) is 5.69 Å². The van der Waals surface area contributed by atoms with E-state index in [1.807, 2.05) is 32.0 Å². The second-order valence-corrected chi connectivity index (χ2v) is 6.15. The molecule has 0 unspecified atom stereocenters. The van der Waals surface area contributed by atoms with Gasteiger partial charge in [0.25, 0.3) is 0 Å². The Balaban J connectivity index is 0.00000243. The molecule has 26 heavy (non-hydrogen) atoms. The Morgan fingerprint density at radius 2 is 1.65 bits per heavy atom. The molecule has 0 aliphatic heterocycles. The van der Waals surface area contributed by atoms with Crippen LogP contribution in [0, 0.1) is 13.8 Å². The van der Waals surface area contributed by atoms with Crippen LogP contribution in [0.5, 0.6) is 11.5 Å². The Morgan fingerprint density at radius 1 is 0.962 bits per heavy atom. The summed E-state index contributed by atoms with van der Waals surface area (Å²) in [4.78, 5) is 8.21. The van der Waals surface area contributed by atoms with Crippen LogP contribution in [0.25, 0.3) is 21.8 Å². The van der Waals surface area contributed by atoms with Crippen LogP contribution < -0.4 is 26.9 Å². The zero-order chi connectivity index (χ0) is 17.8. The van der Waals surface area contributed by atoms with Gasteiger partial charge in [-0.15, -0.1) is 0 Å².